The van der Waals surface area contributed by atoms with Crippen molar-refractivity contribution in [2.75, 3.05) is 6.16 Å². The van der Waals surface area contributed by atoms with E-state index in [1.165, 1.54) is 11.4 Å². The molecule has 31 heavy (non-hydrogen) atoms. The van der Waals surface area contributed by atoms with Crippen molar-refractivity contribution in [3.63, 3.8) is 0 Å². The van der Waals surface area contributed by atoms with Crippen LogP contribution in [0.3, 0.4) is 0 Å². The van der Waals surface area contributed by atoms with Crippen LogP contribution in [0.5, 0.6) is 0 Å². The van der Waals surface area contributed by atoms with Gasteiger partial charge in [0.2, 0.25) is 0 Å². The molecule has 0 N–H and O–H groups in total. The monoisotopic (exact) mass is 509 g/mol. The molecule has 0 aliphatic carbocycles. The summed E-state index contributed by atoms with van der Waals surface area (Å²) in [6.07, 6.45) is 7.79. The zero-order valence-corrected chi connectivity index (χ0v) is 25.0. The molecule has 6 heteroatoms. The van der Waals surface area contributed by atoms with E-state index in [0.29, 0.717) is 20.6 Å². The summed E-state index contributed by atoms with van der Waals surface area (Å²) in [4.78, 5) is 15.5. The van der Waals surface area contributed by atoms with Gasteiger partial charge in [0.25, 0.3) is 0 Å². The smallest absolute Gasteiger partial charge is 0.656 e. The van der Waals surface area contributed by atoms with E-state index in [1.54, 1.807) is 0 Å². The first kappa shape index (κ1) is 35.3. The normalized spacial score (nSPS) is 15.8. The molecule has 0 aromatic rings. The third-order valence-electron chi connectivity index (χ3n) is 4.91. The summed E-state index contributed by atoms with van der Waals surface area (Å²) in [5.41, 5.74) is 2.46. The van der Waals surface area contributed by atoms with E-state index >= 15 is 0 Å². The Morgan fingerprint density at radius 1 is 0.774 bits per heavy atom. The summed E-state index contributed by atoms with van der Waals surface area (Å²) >= 11 is 0. The van der Waals surface area contributed by atoms with E-state index in [9.17, 15) is 0 Å². The van der Waals surface area contributed by atoms with Crippen LogP contribution in [-0.4, -0.2) is 40.4 Å². The first-order chi connectivity index (χ1) is 13.4. The zero-order chi connectivity index (χ0) is 24.6. The summed E-state index contributed by atoms with van der Waals surface area (Å²) in [7, 11) is -1.30. The molecule has 0 saturated carbocycles. The summed E-state index contributed by atoms with van der Waals surface area (Å²) in [5.74, 6) is 2.51. The minimum atomic E-state index is -0.708. The number of rotatable bonds is 3. The Bertz CT molecular complexity index is 585. The second-order valence-electron chi connectivity index (χ2n) is 11.8. The van der Waals surface area contributed by atoms with Crippen LogP contribution in [0.1, 0.15) is 83.1 Å². The van der Waals surface area contributed by atoms with Crippen LogP contribution >= 0.6 is 15.8 Å². The van der Waals surface area contributed by atoms with Crippen LogP contribution in [0.25, 0.3) is 5.32 Å². The van der Waals surface area contributed by atoms with Crippen molar-refractivity contribution in [3.8, 4) is 0 Å². The summed E-state index contributed by atoms with van der Waals surface area (Å²) in [6, 6.07) is 0. The van der Waals surface area contributed by atoms with Gasteiger partial charge in [-0.2, -0.15) is 0 Å². The van der Waals surface area contributed by atoms with Gasteiger partial charge in [-0.25, -0.2) is 0 Å². The fourth-order valence-corrected chi connectivity index (χ4v) is 11.7. The first-order valence-corrected chi connectivity index (χ1v) is 13.7. The molecule has 0 aromatic heterocycles. The zero-order valence-electron chi connectivity index (χ0n) is 21.8. The Kier molecular flexibility index (Phi) is 16.1. The molecular formula is C25H46MnNO2P2+2. The van der Waals surface area contributed by atoms with E-state index in [4.69, 9.17) is 14.9 Å². The Morgan fingerprint density at radius 2 is 1.16 bits per heavy atom. The third kappa shape index (κ3) is 13.1. The Hall–Kier alpha value is -0.261. The van der Waals surface area contributed by atoms with E-state index in [1.807, 2.05) is 0 Å². The molecule has 178 valence electrons. The van der Waals surface area contributed by atoms with Crippen LogP contribution in [-0.2, 0) is 26.7 Å². The standard InChI is InChI=1S/C23H42NP2.2CHO.Mn/c1-20(2,3)25(21(4,5)6)16-18-14-13-15-19(24-18)17-26(22(7,8)9)23(10,11)12;2*1-2;/h13-16H,17H2,1-12H3;2*1H;/q3*-1;+3/p+2/b18-16-;;;. The van der Waals surface area contributed by atoms with Crippen LogP contribution < -0.4 is 0 Å². The summed E-state index contributed by atoms with van der Waals surface area (Å²) < 4.78 is 0. The van der Waals surface area contributed by atoms with E-state index in [-0.39, 0.29) is 17.1 Å². The van der Waals surface area contributed by atoms with Gasteiger partial charge in [-0.05, 0) is 83.1 Å². The van der Waals surface area contributed by atoms with Crippen LogP contribution in [0.15, 0.2) is 35.4 Å². The van der Waals surface area contributed by atoms with Gasteiger partial charge >= 0.3 is 17.1 Å². The molecular weight excluding hydrogens is 463 g/mol. The topological polar surface area (TPSA) is 48.2 Å². The maximum atomic E-state index is 7.75. The summed E-state index contributed by atoms with van der Waals surface area (Å²) in [6.45, 7) is 35.2. The SMILES string of the molecule is CC(C)(C)[PH+](/C=C1/C=CC=C(C[PH+](C(C)(C)C)C(C)(C)C)[N-]1)C(C)(C)C.[CH-]=O.[CH-]=O.[Mn+3]. The molecule has 1 aliphatic heterocycles. The minimum absolute atomic E-state index is 0. The van der Waals surface area contributed by atoms with E-state index in [0.717, 1.165) is 6.16 Å². The van der Waals surface area contributed by atoms with Gasteiger partial charge in [0, 0.05) is 21.7 Å². The van der Waals surface area contributed by atoms with Crippen molar-refractivity contribution >= 4 is 29.4 Å². The molecule has 1 heterocycles. The Morgan fingerprint density at radius 3 is 1.48 bits per heavy atom. The first-order valence-electron chi connectivity index (χ1n) is 10.4. The van der Waals surface area contributed by atoms with E-state index < -0.39 is 15.8 Å². The van der Waals surface area contributed by atoms with Crippen molar-refractivity contribution in [1.29, 1.82) is 0 Å². The number of carbonyl (C=O) groups excluding carboxylic acids is 2. The number of allylic oxidation sites excluding steroid dienone is 4. The van der Waals surface area contributed by atoms with Crippen molar-refractivity contribution in [3.05, 3.63) is 40.8 Å². The van der Waals surface area contributed by atoms with Gasteiger partial charge in [0.1, 0.15) is 0 Å². The van der Waals surface area contributed by atoms with Crippen molar-refractivity contribution in [1.82, 2.24) is 0 Å². The second-order valence-corrected chi connectivity index (χ2v) is 20.2. The fraction of sp³-hybridized carbons (Fsp3) is 0.680. The minimum Gasteiger partial charge on any atom is -0.656 e. The molecule has 0 unspecified atom stereocenters. The molecule has 0 spiro atoms. The van der Waals surface area contributed by atoms with Crippen molar-refractivity contribution < 1.29 is 26.7 Å². The van der Waals surface area contributed by atoms with Crippen LogP contribution in [0.2, 0.25) is 0 Å². The summed E-state index contributed by atoms with van der Waals surface area (Å²) in [5, 5.41) is 6.50. The molecule has 0 bridgehead atoms. The fourth-order valence-electron chi connectivity index (χ4n) is 4.22. The second kappa shape index (κ2) is 14.1. The van der Waals surface area contributed by atoms with Gasteiger partial charge in [-0.1, -0.05) is 18.2 Å². The molecule has 1 rings (SSSR count). The Balaban J connectivity index is -0.00000148. The average molecular weight is 510 g/mol. The van der Waals surface area contributed by atoms with Gasteiger partial charge in [-0.15, -0.1) is 11.4 Å². The molecule has 0 radical (unpaired) electrons. The molecule has 0 aromatic carbocycles. The molecule has 0 saturated heterocycles. The molecule has 1 aliphatic rings. The maximum absolute atomic E-state index is 7.75. The number of nitrogens with zero attached hydrogens (tertiary/aromatic N) is 1. The predicted octanol–water partition coefficient (Wildman–Crippen LogP) is 7.73. The Labute approximate surface area is 206 Å². The molecule has 0 fully saturated rings. The molecule has 0 amide bonds. The maximum Gasteiger partial charge on any atom is 3.00 e. The van der Waals surface area contributed by atoms with Crippen LogP contribution in [0.4, 0.5) is 0 Å². The van der Waals surface area contributed by atoms with Crippen molar-refractivity contribution in [2.45, 2.75) is 104 Å². The van der Waals surface area contributed by atoms with E-state index in [2.05, 4.69) is 121 Å². The van der Waals surface area contributed by atoms with Crippen molar-refractivity contribution in [2.24, 2.45) is 0 Å². The van der Waals surface area contributed by atoms with Gasteiger partial charge in [0.15, 0.2) is 0 Å². The van der Waals surface area contributed by atoms with Gasteiger partial charge in [0.05, 0.1) is 26.8 Å². The number of hydrogen-bond donors (Lipinski definition) is 0. The molecule has 3 nitrogen and oxygen atoms in total. The third-order valence-corrected chi connectivity index (χ3v) is 13.1. The largest absolute Gasteiger partial charge is 3.00 e. The number of hydrogen-bond acceptors (Lipinski definition) is 2. The quantitative estimate of drug-likeness (QED) is 0.169. The average Bonchev–Trinajstić information content (AvgIpc) is 2.58. The van der Waals surface area contributed by atoms with Gasteiger partial charge in [-0.3, -0.25) is 13.6 Å². The molecule has 0 atom stereocenters. The predicted molar refractivity (Wildman–Crippen MR) is 143 cm³/mol. The van der Waals surface area contributed by atoms with Crippen LogP contribution in [0, 0.1) is 0 Å². The van der Waals surface area contributed by atoms with Gasteiger partial charge < -0.3 is 14.9 Å².